The zero-order valence-corrected chi connectivity index (χ0v) is 13.8. The van der Waals surface area contributed by atoms with E-state index in [0.29, 0.717) is 23.9 Å². The lowest BCUT2D eigenvalue weighted by Crippen LogP contribution is -2.11. The molecule has 22 heavy (non-hydrogen) atoms. The Morgan fingerprint density at radius 2 is 1.86 bits per heavy atom. The molecule has 0 aliphatic heterocycles. The minimum Gasteiger partial charge on any atom is -0.628 e. The lowest BCUT2D eigenvalue weighted by Gasteiger charge is -2.16. The lowest BCUT2D eigenvalue weighted by atomic mass is 10.0. The second kappa shape index (κ2) is 7.88. The standard InChI is InChI=1S/C17H18O4.Al/c1-3-20-15-10-9-13(12(2)17(18)19)11-16(15)21-14-7-5-4-6-8-14;/h4-12H,3H2,1-2H3,(H,18,19);/q;+1/p-1. The van der Waals surface area contributed by atoms with E-state index in [-0.39, 0.29) is 11.9 Å². The summed E-state index contributed by atoms with van der Waals surface area (Å²) in [6.07, 6.45) is 0. The van der Waals surface area contributed by atoms with Crippen LogP contribution in [0.5, 0.6) is 17.2 Å². The first-order valence-electron chi connectivity index (χ1n) is 7.06. The number of carbonyl (C=O) groups is 1. The number of carbonyl (C=O) groups excluding carboxylic acids is 1. The molecule has 0 saturated heterocycles. The Morgan fingerprint density at radius 3 is 2.50 bits per heavy atom. The maximum absolute atomic E-state index is 11.7. The highest BCUT2D eigenvalue weighted by atomic mass is 27.1. The van der Waals surface area contributed by atoms with Gasteiger partial charge in [0.25, 0.3) is 5.97 Å². The third-order valence-electron chi connectivity index (χ3n) is 3.21. The van der Waals surface area contributed by atoms with Gasteiger partial charge in [-0.3, -0.25) is 4.79 Å². The predicted molar refractivity (Wildman–Crippen MR) is 84.4 cm³/mol. The van der Waals surface area contributed by atoms with Gasteiger partial charge in [-0.2, -0.15) is 0 Å². The fraction of sp³-hybridized carbons (Fsp3) is 0.235. The van der Waals surface area contributed by atoms with Crippen LogP contribution in [0.25, 0.3) is 0 Å². The molecular weight excluding hydrogens is 295 g/mol. The number of ether oxygens (including phenoxy) is 2. The average molecular weight is 312 g/mol. The summed E-state index contributed by atoms with van der Waals surface area (Å²) in [6, 6.07) is 14.9. The van der Waals surface area contributed by atoms with Gasteiger partial charge in [0.15, 0.2) is 11.5 Å². The van der Waals surface area contributed by atoms with Gasteiger partial charge in [-0.25, -0.2) is 0 Å². The van der Waals surface area contributed by atoms with Gasteiger partial charge in [0.2, 0.25) is 0 Å². The highest BCUT2D eigenvalue weighted by molar-refractivity contribution is 6.06. The molecule has 2 aromatic carbocycles. The van der Waals surface area contributed by atoms with Crippen LogP contribution in [0.2, 0.25) is 0 Å². The van der Waals surface area contributed by atoms with Crippen molar-refractivity contribution in [2.75, 3.05) is 6.61 Å². The normalized spacial score (nSPS) is 11.5. The van der Waals surface area contributed by atoms with Crippen LogP contribution in [0.4, 0.5) is 0 Å². The van der Waals surface area contributed by atoms with E-state index >= 15 is 0 Å². The highest BCUT2D eigenvalue weighted by Gasteiger charge is 2.17. The number of para-hydroxylation sites is 1. The third-order valence-corrected chi connectivity index (χ3v) is 3.44. The molecule has 0 saturated carbocycles. The van der Waals surface area contributed by atoms with Crippen molar-refractivity contribution in [3.63, 3.8) is 0 Å². The summed E-state index contributed by atoms with van der Waals surface area (Å²) >= 11 is 1.98. The van der Waals surface area contributed by atoms with Crippen LogP contribution in [0.3, 0.4) is 0 Å². The van der Waals surface area contributed by atoms with Gasteiger partial charge in [-0.05, 0) is 43.7 Å². The Morgan fingerprint density at radius 1 is 1.14 bits per heavy atom. The topological polar surface area (TPSA) is 44.8 Å². The number of hydrogen-bond donors (Lipinski definition) is 0. The molecule has 2 radical (unpaired) electrons. The fourth-order valence-corrected chi connectivity index (χ4v) is 2.21. The monoisotopic (exact) mass is 312 g/mol. The summed E-state index contributed by atoms with van der Waals surface area (Å²) in [5.41, 5.74) is 0.807. The molecule has 0 N–H and O–H groups in total. The third kappa shape index (κ3) is 4.03. The van der Waals surface area contributed by atoms with E-state index in [1.54, 1.807) is 6.92 Å². The molecule has 1 atom stereocenters. The van der Waals surface area contributed by atoms with E-state index < -0.39 is 0 Å². The zero-order chi connectivity index (χ0) is 15.9. The van der Waals surface area contributed by atoms with Crippen LogP contribution in [0.15, 0.2) is 48.5 Å². The van der Waals surface area contributed by atoms with E-state index in [2.05, 4.69) is 0 Å². The summed E-state index contributed by atoms with van der Waals surface area (Å²) in [5, 5.41) is 0. The molecular formula is C17H17AlO4. The Labute approximate surface area is 138 Å². The first kappa shape index (κ1) is 16.4. The Balaban J connectivity index is 2.33. The maximum atomic E-state index is 11.7. The summed E-state index contributed by atoms with van der Waals surface area (Å²) in [7, 11) is 0. The lowest BCUT2D eigenvalue weighted by molar-refractivity contribution is -0.135. The van der Waals surface area contributed by atoms with E-state index in [9.17, 15) is 4.79 Å². The summed E-state index contributed by atoms with van der Waals surface area (Å²) in [5.74, 6) is 1.23. The predicted octanol–water partition coefficient (Wildman–Crippen LogP) is 3.61. The second-order valence-corrected chi connectivity index (χ2v) is 4.95. The molecule has 0 amide bonds. The van der Waals surface area contributed by atoms with Gasteiger partial charge in [-0.1, -0.05) is 24.3 Å². The largest absolute Gasteiger partial charge is 0.628 e. The van der Waals surface area contributed by atoms with Gasteiger partial charge in [0, 0.05) is 0 Å². The van der Waals surface area contributed by atoms with Crippen molar-refractivity contribution < 1.29 is 18.1 Å². The molecule has 0 spiro atoms. The van der Waals surface area contributed by atoms with Crippen LogP contribution in [-0.2, 0) is 8.58 Å². The molecule has 4 nitrogen and oxygen atoms in total. The first-order valence-corrected chi connectivity index (χ1v) is 7.53. The zero-order valence-electron chi connectivity index (χ0n) is 12.6. The molecule has 5 heteroatoms. The van der Waals surface area contributed by atoms with Gasteiger partial charge in [0.1, 0.15) is 5.75 Å². The number of rotatable bonds is 6. The molecule has 0 aliphatic rings. The maximum Gasteiger partial charge on any atom is 0.484 e. The van der Waals surface area contributed by atoms with Gasteiger partial charge < -0.3 is 13.3 Å². The van der Waals surface area contributed by atoms with E-state index in [4.69, 9.17) is 13.3 Å². The minimum atomic E-state index is -0.383. The molecule has 0 aromatic heterocycles. The summed E-state index contributed by atoms with van der Waals surface area (Å²) in [4.78, 5) is 11.7. The smallest absolute Gasteiger partial charge is 0.484 e. The van der Waals surface area contributed by atoms with Crippen molar-refractivity contribution in [3.05, 3.63) is 54.1 Å². The molecule has 0 fully saturated rings. The summed E-state index contributed by atoms with van der Waals surface area (Å²) < 4.78 is 16.2. The number of benzene rings is 2. The molecule has 0 bridgehead atoms. The van der Waals surface area contributed by atoms with Crippen molar-refractivity contribution >= 4 is 22.6 Å². The van der Waals surface area contributed by atoms with Gasteiger partial charge in [-0.15, -0.1) is 0 Å². The quantitative estimate of drug-likeness (QED) is 0.764. The van der Waals surface area contributed by atoms with E-state index in [1.807, 2.05) is 72.1 Å². The van der Waals surface area contributed by atoms with E-state index in [0.717, 1.165) is 5.56 Å². The molecule has 1 unspecified atom stereocenters. The van der Waals surface area contributed by atoms with Crippen LogP contribution in [-0.4, -0.2) is 29.2 Å². The Bertz CT molecular complexity index is 628. The van der Waals surface area contributed by atoms with Crippen LogP contribution >= 0.6 is 0 Å². The molecule has 0 heterocycles. The second-order valence-electron chi connectivity index (χ2n) is 4.71. The van der Waals surface area contributed by atoms with Crippen molar-refractivity contribution in [2.24, 2.45) is 0 Å². The van der Waals surface area contributed by atoms with Crippen LogP contribution < -0.4 is 9.47 Å². The van der Waals surface area contributed by atoms with Gasteiger partial charge in [0.05, 0.1) is 12.5 Å². The van der Waals surface area contributed by atoms with Crippen LogP contribution in [0.1, 0.15) is 25.3 Å². The number of hydrogen-bond acceptors (Lipinski definition) is 4. The van der Waals surface area contributed by atoms with E-state index in [1.165, 1.54) is 0 Å². The van der Waals surface area contributed by atoms with Crippen molar-refractivity contribution in [3.8, 4) is 17.2 Å². The molecule has 2 aromatic rings. The van der Waals surface area contributed by atoms with Crippen molar-refractivity contribution in [2.45, 2.75) is 19.8 Å². The Kier molecular flexibility index (Phi) is 5.88. The Hall–Kier alpha value is -1.96. The van der Waals surface area contributed by atoms with Crippen LogP contribution in [0, 0.1) is 0 Å². The molecule has 112 valence electrons. The fourth-order valence-electron chi connectivity index (χ4n) is 2.00. The van der Waals surface area contributed by atoms with Crippen molar-refractivity contribution in [1.29, 1.82) is 0 Å². The summed E-state index contributed by atoms with van der Waals surface area (Å²) in [6.45, 7) is 4.23. The minimum absolute atomic E-state index is 0.320. The first-order chi connectivity index (χ1) is 10.7. The van der Waals surface area contributed by atoms with Gasteiger partial charge >= 0.3 is 16.6 Å². The molecule has 0 aliphatic carbocycles. The van der Waals surface area contributed by atoms with Crippen molar-refractivity contribution in [1.82, 2.24) is 0 Å². The molecule has 2 rings (SSSR count). The highest BCUT2D eigenvalue weighted by Crippen LogP contribution is 2.34. The SMILES string of the molecule is CCOc1ccc(C(C)C(=O)[O][Al])cc1Oc1ccccc1. The average Bonchev–Trinajstić information content (AvgIpc) is 2.56.